The van der Waals surface area contributed by atoms with Gasteiger partial charge in [-0.1, -0.05) is 12.2 Å². The molecule has 0 radical (unpaired) electrons. The highest BCUT2D eigenvalue weighted by Gasteiger charge is 2.37. The van der Waals surface area contributed by atoms with Crippen LogP contribution in [0.4, 0.5) is 0 Å². The largest absolute Gasteiger partial charge is 0.389 e. The predicted molar refractivity (Wildman–Crippen MR) is 102 cm³/mol. The van der Waals surface area contributed by atoms with Gasteiger partial charge in [0.2, 0.25) is 5.91 Å². The quantitative estimate of drug-likeness (QED) is 0.768. The maximum atomic E-state index is 12.8. The molecule has 2 aromatic heterocycles. The van der Waals surface area contributed by atoms with Gasteiger partial charge in [-0.15, -0.1) is 0 Å². The van der Waals surface area contributed by atoms with E-state index in [0.29, 0.717) is 5.69 Å². The van der Waals surface area contributed by atoms with Crippen LogP contribution < -0.4 is 5.32 Å². The highest BCUT2D eigenvalue weighted by molar-refractivity contribution is 5.92. The Morgan fingerprint density at radius 2 is 2.11 bits per heavy atom. The fourth-order valence-corrected chi connectivity index (χ4v) is 3.66. The number of aliphatic hydroxyl groups is 1. The number of likely N-dealkylation sites (tertiary alicyclic amines) is 1. The number of nitrogens with one attached hydrogen (secondary N) is 1. The van der Waals surface area contributed by atoms with Crippen LogP contribution in [0.3, 0.4) is 0 Å². The van der Waals surface area contributed by atoms with Crippen molar-refractivity contribution in [3.8, 4) is 5.69 Å². The van der Waals surface area contributed by atoms with E-state index in [9.17, 15) is 14.7 Å². The van der Waals surface area contributed by atoms with Gasteiger partial charge in [0.25, 0.3) is 5.91 Å². The number of rotatable bonds is 4. The van der Waals surface area contributed by atoms with E-state index in [0.717, 1.165) is 24.9 Å². The maximum absolute atomic E-state index is 12.8. The molecule has 0 bridgehead atoms. The first-order valence-electron chi connectivity index (χ1n) is 9.50. The Morgan fingerprint density at radius 3 is 2.86 bits per heavy atom. The molecule has 2 amide bonds. The second-order valence-corrected chi connectivity index (χ2v) is 7.23. The molecule has 146 valence electrons. The van der Waals surface area contributed by atoms with Crippen LogP contribution in [0, 0.1) is 5.92 Å². The lowest BCUT2D eigenvalue weighted by Gasteiger charge is -2.21. The van der Waals surface area contributed by atoms with Crippen molar-refractivity contribution >= 4 is 11.8 Å². The van der Waals surface area contributed by atoms with Crippen molar-refractivity contribution in [2.24, 2.45) is 5.92 Å². The van der Waals surface area contributed by atoms with Crippen LogP contribution in [0.25, 0.3) is 5.69 Å². The van der Waals surface area contributed by atoms with Crippen molar-refractivity contribution in [3.05, 3.63) is 54.6 Å². The molecule has 28 heavy (non-hydrogen) atoms. The third-order valence-electron chi connectivity index (χ3n) is 5.26. The third kappa shape index (κ3) is 3.82. The van der Waals surface area contributed by atoms with E-state index in [-0.39, 0.29) is 30.8 Å². The van der Waals surface area contributed by atoms with E-state index in [2.05, 4.69) is 21.5 Å². The highest BCUT2D eigenvalue weighted by Crippen LogP contribution is 2.20. The van der Waals surface area contributed by atoms with Crippen molar-refractivity contribution in [2.45, 2.75) is 31.4 Å². The van der Waals surface area contributed by atoms with Gasteiger partial charge in [-0.05, 0) is 37.5 Å². The zero-order valence-corrected chi connectivity index (χ0v) is 15.4. The first kappa shape index (κ1) is 18.4. The van der Waals surface area contributed by atoms with Crippen LogP contribution in [0.2, 0.25) is 0 Å². The van der Waals surface area contributed by atoms with Crippen molar-refractivity contribution in [3.63, 3.8) is 0 Å². The number of amides is 2. The van der Waals surface area contributed by atoms with Gasteiger partial charge in [0.15, 0.2) is 5.69 Å². The third-order valence-corrected chi connectivity index (χ3v) is 5.26. The van der Waals surface area contributed by atoms with E-state index in [4.69, 9.17) is 0 Å². The second-order valence-electron chi connectivity index (χ2n) is 7.23. The summed E-state index contributed by atoms with van der Waals surface area (Å²) in [5, 5.41) is 17.6. The Morgan fingerprint density at radius 1 is 1.21 bits per heavy atom. The molecule has 1 saturated heterocycles. The minimum Gasteiger partial charge on any atom is -0.389 e. The van der Waals surface area contributed by atoms with Crippen LogP contribution >= 0.6 is 0 Å². The van der Waals surface area contributed by atoms with E-state index in [1.165, 1.54) is 4.90 Å². The first-order chi connectivity index (χ1) is 13.6. The standard InChI is InChI=1S/C20H23N5O3/c26-18-13-24(12-17(18)22-19(27)14-5-2-1-3-6-14)20(28)16-8-10-25(23-16)15-7-4-9-21-11-15/h1-2,4,7-11,14,17-18,26H,3,5-6,12-13H2,(H,22,27)/t14-,17+,18+/m0/s1. The van der Waals surface area contributed by atoms with Crippen LogP contribution in [0.15, 0.2) is 48.9 Å². The summed E-state index contributed by atoms with van der Waals surface area (Å²) in [6.07, 6.45) is 10.8. The van der Waals surface area contributed by atoms with Crippen LogP contribution in [0.1, 0.15) is 29.8 Å². The predicted octanol–water partition coefficient (Wildman–Crippen LogP) is 0.925. The maximum Gasteiger partial charge on any atom is 0.274 e. The number of aliphatic hydroxyl groups excluding tert-OH is 1. The molecule has 1 aliphatic carbocycles. The molecule has 1 aliphatic heterocycles. The monoisotopic (exact) mass is 381 g/mol. The molecule has 3 heterocycles. The number of hydrogen-bond donors (Lipinski definition) is 2. The molecule has 0 unspecified atom stereocenters. The number of allylic oxidation sites excluding steroid dienone is 2. The molecule has 2 aromatic rings. The normalized spacial score (nSPS) is 24.3. The van der Waals surface area contributed by atoms with E-state index in [1.54, 1.807) is 35.4 Å². The minimum absolute atomic E-state index is 0.0523. The molecule has 2 aliphatic rings. The van der Waals surface area contributed by atoms with Gasteiger partial charge in [-0.2, -0.15) is 5.10 Å². The Labute approximate surface area is 162 Å². The van der Waals surface area contributed by atoms with Crippen molar-refractivity contribution in [1.82, 2.24) is 25.0 Å². The molecule has 2 N–H and O–H groups in total. The molecule has 8 nitrogen and oxygen atoms in total. The van der Waals surface area contributed by atoms with Crippen LogP contribution in [-0.2, 0) is 4.79 Å². The molecule has 0 spiro atoms. The summed E-state index contributed by atoms with van der Waals surface area (Å²) in [4.78, 5) is 30.8. The molecule has 3 atom stereocenters. The van der Waals surface area contributed by atoms with Crippen LogP contribution in [0.5, 0.6) is 0 Å². The summed E-state index contributed by atoms with van der Waals surface area (Å²) in [7, 11) is 0. The molecule has 8 heteroatoms. The Hall–Kier alpha value is -3.00. The summed E-state index contributed by atoms with van der Waals surface area (Å²) in [5.41, 5.74) is 1.05. The Balaban J connectivity index is 1.39. The molecule has 4 rings (SSSR count). The van der Waals surface area contributed by atoms with E-state index in [1.807, 2.05) is 12.1 Å². The van der Waals surface area contributed by atoms with Gasteiger partial charge in [0.1, 0.15) is 0 Å². The van der Waals surface area contributed by atoms with Gasteiger partial charge in [-0.3, -0.25) is 14.6 Å². The van der Waals surface area contributed by atoms with Crippen molar-refractivity contribution < 1.29 is 14.7 Å². The number of carbonyl (C=O) groups is 2. The van der Waals surface area contributed by atoms with Gasteiger partial charge in [0.05, 0.1) is 24.0 Å². The van der Waals surface area contributed by atoms with Crippen molar-refractivity contribution in [2.75, 3.05) is 13.1 Å². The van der Waals surface area contributed by atoms with Gasteiger partial charge >= 0.3 is 0 Å². The average molecular weight is 381 g/mol. The Kier molecular flexibility index (Phi) is 5.21. The number of pyridine rings is 1. The SMILES string of the molecule is O=C(N[C@@H]1CN(C(=O)c2ccn(-c3cccnc3)n2)C[C@H]1O)[C@H]1CC=CCC1. The van der Waals surface area contributed by atoms with Gasteiger partial charge in [-0.25, -0.2) is 4.68 Å². The molecular weight excluding hydrogens is 358 g/mol. The highest BCUT2D eigenvalue weighted by atomic mass is 16.3. The van der Waals surface area contributed by atoms with Crippen LogP contribution in [-0.4, -0.2) is 61.8 Å². The lowest BCUT2D eigenvalue weighted by molar-refractivity contribution is -0.126. The van der Waals surface area contributed by atoms with Crippen molar-refractivity contribution in [1.29, 1.82) is 0 Å². The molecular formula is C20H23N5O3. The fraction of sp³-hybridized carbons (Fsp3) is 0.400. The number of nitrogens with zero attached hydrogens (tertiary/aromatic N) is 4. The minimum atomic E-state index is -0.785. The topological polar surface area (TPSA) is 100 Å². The van der Waals surface area contributed by atoms with E-state index < -0.39 is 12.1 Å². The summed E-state index contributed by atoms with van der Waals surface area (Å²) < 4.78 is 1.59. The average Bonchev–Trinajstić information content (AvgIpc) is 3.36. The first-order valence-corrected chi connectivity index (χ1v) is 9.50. The lowest BCUT2D eigenvalue weighted by Crippen LogP contribution is -2.45. The molecule has 0 aromatic carbocycles. The summed E-state index contributed by atoms with van der Waals surface area (Å²) in [6.45, 7) is 0.447. The van der Waals surface area contributed by atoms with Gasteiger partial charge < -0.3 is 15.3 Å². The second kappa shape index (κ2) is 7.93. The fourth-order valence-electron chi connectivity index (χ4n) is 3.66. The number of aromatic nitrogens is 3. The van der Waals surface area contributed by atoms with Gasteiger partial charge in [0, 0.05) is 31.4 Å². The molecule has 1 fully saturated rings. The zero-order chi connectivity index (χ0) is 19.5. The number of carbonyl (C=O) groups excluding carboxylic acids is 2. The summed E-state index contributed by atoms with van der Waals surface area (Å²) in [5.74, 6) is -0.375. The number of β-amino-alcohol motifs (C(OH)–C–C–N with tert-alkyl or cyclic N) is 1. The summed E-state index contributed by atoms with van der Waals surface area (Å²) in [6, 6.07) is 4.83. The lowest BCUT2D eigenvalue weighted by atomic mass is 9.93. The Bertz CT molecular complexity index is 879. The smallest absolute Gasteiger partial charge is 0.274 e. The molecule has 0 saturated carbocycles. The number of hydrogen-bond acceptors (Lipinski definition) is 5. The zero-order valence-electron chi connectivity index (χ0n) is 15.4. The van der Waals surface area contributed by atoms with E-state index >= 15 is 0 Å². The summed E-state index contributed by atoms with van der Waals surface area (Å²) >= 11 is 0.